The first-order valence-electron chi connectivity index (χ1n) is 7.74. The Balaban J connectivity index is 2.42. The largest absolute Gasteiger partial charge is 0.399 e. The molecule has 2 amide bonds. The van der Waals surface area contributed by atoms with Gasteiger partial charge in [0.15, 0.2) is 0 Å². The number of fused-ring (bicyclic) bond motifs is 1. The number of imide groups is 1. The highest BCUT2D eigenvalue weighted by Gasteiger charge is 2.48. The third-order valence-electron chi connectivity index (χ3n) is 4.73. The van der Waals surface area contributed by atoms with Gasteiger partial charge in [-0.2, -0.15) is 0 Å². The van der Waals surface area contributed by atoms with Crippen LogP contribution in [0.5, 0.6) is 0 Å². The van der Waals surface area contributed by atoms with Crippen LogP contribution >= 0.6 is 0 Å². The van der Waals surface area contributed by atoms with Crippen molar-refractivity contribution in [2.45, 2.75) is 24.0 Å². The van der Waals surface area contributed by atoms with Crippen LogP contribution in [-0.2, 0) is 9.59 Å². The molecule has 1 saturated heterocycles. The van der Waals surface area contributed by atoms with Crippen molar-refractivity contribution in [3.8, 4) is 0 Å². The first-order chi connectivity index (χ1) is 12.4. The number of nitrogens with zero attached hydrogens (tertiary/aromatic N) is 2. The molecule has 0 spiro atoms. The number of aryl methyl sites for hydroxylation is 1. The summed E-state index contributed by atoms with van der Waals surface area (Å²) < 4.78 is 0.912. The second kappa shape index (κ2) is 6.11. The Hall–Kier alpha value is -2.31. The lowest BCUT2D eigenvalue weighted by molar-refractivity contribution is -0.136. The van der Waals surface area contributed by atoms with Crippen LogP contribution in [0.4, 0.5) is 5.69 Å². The quantitative estimate of drug-likeness (QED) is 0.307. The monoisotopic (exact) mass is 346 g/mol. The number of piperidine rings is 1. The molecular formula is C14H8B6N4O3. The fourth-order valence-electron chi connectivity index (χ4n) is 3.17. The molecule has 3 rings (SSSR count). The number of anilines is 1. The Morgan fingerprint density at radius 1 is 1.07 bits per heavy atom. The zero-order valence-corrected chi connectivity index (χ0v) is 14.3. The summed E-state index contributed by atoms with van der Waals surface area (Å²) in [5.41, 5.74) is 4.88. The molecule has 0 saturated carbocycles. The number of hydrogen-bond donors (Lipinski definition) is 2. The van der Waals surface area contributed by atoms with Crippen molar-refractivity contribution in [1.82, 2.24) is 14.9 Å². The number of carbonyl (C=O) groups is 2. The summed E-state index contributed by atoms with van der Waals surface area (Å²) in [6, 6.07) is -1.53. The van der Waals surface area contributed by atoms with Crippen LogP contribution in [-0.4, -0.2) is 68.4 Å². The van der Waals surface area contributed by atoms with Crippen LogP contribution in [0, 0.1) is 6.92 Å². The summed E-state index contributed by atoms with van der Waals surface area (Å²) in [5.74, 6) is -3.19. The highest BCUT2D eigenvalue weighted by Crippen LogP contribution is 2.45. The smallest absolute Gasteiger partial charge is 0.264 e. The molecule has 1 aromatic heterocycles. The van der Waals surface area contributed by atoms with Gasteiger partial charge in [0.1, 0.15) is 35.4 Å². The predicted octanol–water partition coefficient (Wildman–Crippen LogP) is -4.72. The molecular weight excluding hydrogens is 337 g/mol. The number of nitrogens with two attached hydrogens (primary N) is 1. The van der Waals surface area contributed by atoms with E-state index in [1.54, 1.807) is 0 Å². The van der Waals surface area contributed by atoms with Crippen molar-refractivity contribution in [2.24, 2.45) is 0 Å². The average Bonchev–Trinajstić information content (AvgIpc) is 2.58. The number of aromatic nitrogens is 2. The fourth-order valence-corrected chi connectivity index (χ4v) is 3.17. The van der Waals surface area contributed by atoms with Crippen LogP contribution < -0.4 is 33.0 Å². The number of carbonyl (C=O) groups excluding carboxylic acids is 2. The fraction of sp³-hybridized carbons (Fsp3) is 0.286. The highest BCUT2D eigenvalue weighted by atomic mass is 16.2. The lowest BCUT2D eigenvalue weighted by atomic mass is 9.39. The zero-order chi connectivity index (χ0) is 20.4. The van der Waals surface area contributed by atoms with E-state index >= 15 is 0 Å². The third-order valence-corrected chi connectivity index (χ3v) is 4.73. The van der Waals surface area contributed by atoms with Gasteiger partial charge < -0.3 is 5.73 Å². The van der Waals surface area contributed by atoms with Crippen LogP contribution in [0.15, 0.2) is 4.79 Å². The molecule has 7 nitrogen and oxygen atoms in total. The van der Waals surface area contributed by atoms with E-state index in [0.29, 0.717) is 0 Å². The molecule has 120 valence electrons. The predicted molar refractivity (Wildman–Crippen MR) is 107 cm³/mol. The molecule has 1 aliphatic heterocycles. The van der Waals surface area contributed by atoms with Gasteiger partial charge in [0.25, 0.3) is 5.56 Å². The van der Waals surface area contributed by atoms with Crippen LogP contribution in [0.3, 0.4) is 0 Å². The van der Waals surface area contributed by atoms with Crippen LogP contribution in [0.25, 0.3) is 10.9 Å². The van der Waals surface area contributed by atoms with E-state index in [0.717, 1.165) is 4.57 Å². The first-order valence-corrected chi connectivity index (χ1v) is 7.74. The Morgan fingerprint density at radius 3 is 2.26 bits per heavy atom. The Kier molecular flexibility index (Phi) is 4.40. The number of rotatable bonds is 1. The van der Waals surface area contributed by atoms with Gasteiger partial charge in [-0.1, -0.05) is 16.1 Å². The summed E-state index contributed by atoms with van der Waals surface area (Å²) in [7, 11) is 35.2. The molecule has 0 bridgehead atoms. The lowest BCUT2D eigenvalue weighted by Crippen LogP contribution is -2.56. The van der Waals surface area contributed by atoms with Gasteiger partial charge in [0, 0.05) is 5.69 Å². The molecule has 1 fully saturated rings. The number of benzene rings is 1. The van der Waals surface area contributed by atoms with E-state index in [1.807, 2.05) is 5.32 Å². The molecule has 13 heteroatoms. The second-order valence-corrected chi connectivity index (χ2v) is 6.45. The van der Waals surface area contributed by atoms with Gasteiger partial charge in [-0.05, 0) is 12.7 Å². The molecule has 1 aliphatic rings. The Bertz CT molecular complexity index is 1080. The van der Waals surface area contributed by atoms with Crippen molar-refractivity contribution in [3.63, 3.8) is 0 Å². The molecule has 12 radical (unpaired) electrons. The summed E-state index contributed by atoms with van der Waals surface area (Å²) in [6.45, 7) is 1.42. The minimum atomic E-state index is -2.07. The molecule has 0 aliphatic carbocycles. The summed E-state index contributed by atoms with van der Waals surface area (Å²) in [6.07, 6.45) is 0. The van der Waals surface area contributed by atoms with Gasteiger partial charge in [-0.15, -0.1) is 5.46 Å². The maximum absolute atomic E-state index is 13.2. The first kappa shape index (κ1) is 19.5. The Labute approximate surface area is 162 Å². The molecule has 2 unspecified atom stereocenters. The van der Waals surface area contributed by atoms with Gasteiger partial charge in [-0.25, -0.2) is 4.98 Å². The van der Waals surface area contributed by atoms with Crippen molar-refractivity contribution in [1.29, 1.82) is 0 Å². The van der Waals surface area contributed by atoms with E-state index in [4.69, 9.17) is 52.8 Å². The van der Waals surface area contributed by atoms with Crippen molar-refractivity contribution in [2.75, 3.05) is 5.73 Å². The molecule has 2 aromatic rings. The van der Waals surface area contributed by atoms with E-state index in [-0.39, 0.29) is 38.8 Å². The lowest BCUT2D eigenvalue weighted by Gasteiger charge is -2.44. The van der Waals surface area contributed by atoms with Gasteiger partial charge in [-0.3, -0.25) is 24.3 Å². The van der Waals surface area contributed by atoms with Crippen molar-refractivity contribution in [3.05, 3.63) is 16.2 Å². The normalized spacial score (nSPS) is 22.0. The van der Waals surface area contributed by atoms with Gasteiger partial charge in [0.2, 0.25) is 11.8 Å². The maximum Gasteiger partial charge on any atom is 0.264 e. The van der Waals surface area contributed by atoms with Crippen LogP contribution in [0.1, 0.15) is 11.9 Å². The zero-order valence-electron chi connectivity index (χ0n) is 14.3. The maximum atomic E-state index is 13.2. The summed E-state index contributed by atoms with van der Waals surface area (Å²) >= 11 is 0. The molecule has 2 heterocycles. The van der Waals surface area contributed by atoms with Gasteiger partial charge >= 0.3 is 0 Å². The average molecular weight is 345 g/mol. The SMILES string of the molecule is [B]c1c([B])c(N)c2c(=O)n(C3C(=O)NC(=O)C([B])C3([B])[B])c(C)nc2c1[B]. The highest BCUT2D eigenvalue weighted by molar-refractivity contribution is 6.61. The van der Waals surface area contributed by atoms with E-state index < -0.39 is 34.4 Å². The number of nitrogens with one attached hydrogen (secondary N) is 1. The second-order valence-electron chi connectivity index (χ2n) is 6.45. The third kappa shape index (κ3) is 2.58. The minimum Gasteiger partial charge on any atom is -0.399 e. The van der Waals surface area contributed by atoms with Crippen LogP contribution in [0.2, 0.25) is 11.0 Å². The molecule has 2 atom stereocenters. The number of nitrogen functional groups attached to an aromatic ring is 1. The van der Waals surface area contributed by atoms with Crippen molar-refractivity contribution >= 4 is 91.9 Å². The number of amides is 2. The minimum absolute atomic E-state index is 0.0147. The van der Waals surface area contributed by atoms with Gasteiger partial charge in [0.05, 0.1) is 34.4 Å². The number of hydrogen-bond acceptors (Lipinski definition) is 5. The molecule has 3 N–H and O–H groups in total. The van der Waals surface area contributed by atoms with Crippen molar-refractivity contribution < 1.29 is 9.59 Å². The van der Waals surface area contributed by atoms with E-state index in [2.05, 4.69) is 4.98 Å². The van der Waals surface area contributed by atoms with E-state index in [1.165, 1.54) is 6.92 Å². The topological polar surface area (TPSA) is 107 Å². The summed E-state index contributed by atoms with van der Waals surface area (Å²) in [4.78, 5) is 41.6. The Morgan fingerprint density at radius 2 is 1.67 bits per heavy atom. The molecule has 1 aromatic carbocycles. The summed E-state index contributed by atoms with van der Waals surface area (Å²) in [5, 5.41) is -0.189. The standard InChI is InChI=1S/C14H8B6N4O3/c1-2-22-8-3(7(21)5(16)4(15)6(8)17)13(27)24(2)10-12(26)23-11(25)9(18)14(10,19)20/h9-10H,21H2,1H3,(H,23,25,26). The molecule has 27 heavy (non-hydrogen) atoms. The van der Waals surface area contributed by atoms with E-state index in [9.17, 15) is 14.4 Å².